The van der Waals surface area contributed by atoms with Crippen LogP contribution in [0.15, 0.2) is 42.5 Å². The maximum atomic E-state index is 13.7. The highest BCUT2D eigenvalue weighted by Gasteiger charge is 2.18. The molecule has 0 spiro atoms. The highest BCUT2D eigenvalue weighted by molar-refractivity contribution is 7.89. The Morgan fingerprint density at radius 2 is 1.88 bits per heavy atom. The lowest BCUT2D eigenvalue weighted by molar-refractivity contribution is 0.0331. The third kappa shape index (κ3) is 4.86. The van der Waals surface area contributed by atoms with E-state index in [-0.39, 0.29) is 16.9 Å². The van der Waals surface area contributed by atoms with E-state index in [0.29, 0.717) is 11.6 Å². The summed E-state index contributed by atoms with van der Waals surface area (Å²) >= 11 is 0. The average molecular weight is 354 g/mol. The molecular formula is C17H16F2O4S. The maximum Gasteiger partial charge on any atom is 0.338 e. The van der Waals surface area contributed by atoms with E-state index < -0.39 is 33.5 Å². The molecule has 0 fully saturated rings. The van der Waals surface area contributed by atoms with Crippen LogP contribution in [0.1, 0.15) is 34.5 Å². The molecule has 1 atom stereocenters. The summed E-state index contributed by atoms with van der Waals surface area (Å²) in [5.74, 6) is -2.44. The van der Waals surface area contributed by atoms with E-state index in [1.165, 1.54) is 25.1 Å². The second-order valence-electron chi connectivity index (χ2n) is 5.48. The fourth-order valence-corrected chi connectivity index (χ4v) is 3.00. The molecule has 2 rings (SSSR count). The SMILES string of the molecule is CC(OC(=O)c1cccc(CS(C)(=O)=O)c1)c1ccc(F)cc1F. The van der Waals surface area contributed by atoms with E-state index in [2.05, 4.69) is 0 Å². The first-order chi connectivity index (χ1) is 11.2. The Morgan fingerprint density at radius 1 is 1.17 bits per heavy atom. The summed E-state index contributed by atoms with van der Waals surface area (Å²) in [7, 11) is -3.23. The van der Waals surface area contributed by atoms with Crippen LogP contribution in [0.25, 0.3) is 0 Å². The van der Waals surface area contributed by atoms with Crippen molar-refractivity contribution >= 4 is 15.8 Å². The van der Waals surface area contributed by atoms with E-state index in [0.717, 1.165) is 12.3 Å². The molecule has 0 radical (unpaired) electrons. The van der Waals surface area contributed by atoms with Crippen molar-refractivity contribution in [3.05, 3.63) is 70.8 Å². The van der Waals surface area contributed by atoms with E-state index in [4.69, 9.17) is 4.74 Å². The normalized spacial score (nSPS) is 12.7. The van der Waals surface area contributed by atoms with Gasteiger partial charge in [-0.05, 0) is 36.8 Å². The van der Waals surface area contributed by atoms with Gasteiger partial charge >= 0.3 is 5.97 Å². The highest BCUT2D eigenvalue weighted by Crippen LogP contribution is 2.22. The second kappa shape index (κ2) is 7.09. The lowest BCUT2D eigenvalue weighted by Crippen LogP contribution is -2.11. The summed E-state index contributed by atoms with van der Waals surface area (Å²) in [4.78, 5) is 12.2. The molecule has 0 amide bonds. The van der Waals surface area contributed by atoms with Gasteiger partial charge in [-0.15, -0.1) is 0 Å². The fourth-order valence-electron chi connectivity index (χ4n) is 2.21. The zero-order chi connectivity index (χ0) is 17.9. The van der Waals surface area contributed by atoms with Gasteiger partial charge in [0.2, 0.25) is 0 Å². The summed E-state index contributed by atoms with van der Waals surface area (Å²) < 4.78 is 54.4. The molecule has 0 saturated carbocycles. The van der Waals surface area contributed by atoms with Gasteiger partial charge in [0.05, 0.1) is 11.3 Å². The topological polar surface area (TPSA) is 60.4 Å². The van der Waals surface area contributed by atoms with Crippen LogP contribution in [-0.4, -0.2) is 20.6 Å². The van der Waals surface area contributed by atoms with E-state index in [1.54, 1.807) is 12.1 Å². The summed E-state index contributed by atoms with van der Waals surface area (Å²) in [5.41, 5.74) is 0.662. The molecule has 2 aromatic carbocycles. The molecule has 128 valence electrons. The van der Waals surface area contributed by atoms with Crippen molar-refractivity contribution in [1.82, 2.24) is 0 Å². The van der Waals surface area contributed by atoms with Crippen molar-refractivity contribution in [3.8, 4) is 0 Å². The minimum absolute atomic E-state index is 0.0528. The van der Waals surface area contributed by atoms with Gasteiger partial charge in [-0.2, -0.15) is 0 Å². The minimum Gasteiger partial charge on any atom is -0.454 e. The van der Waals surface area contributed by atoms with Crippen molar-refractivity contribution < 1.29 is 26.7 Å². The number of ether oxygens (including phenoxy) is 1. The molecule has 24 heavy (non-hydrogen) atoms. The molecule has 0 N–H and O–H groups in total. The zero-order valence-electron chi connectivity index (χ0n) is 13.1. The first-order valence-electron chi connectivity index (χ1n) is 7.08. The third-order valence-electron chi connectivity index (χ3n) is 3.28. The Kier molecular flexibility index (Phi) is 5.33. The molecule has 0 bridgehead atoms. The van der Waals surface area contributed by atoms with Crippen LogP contribution in [0.3, 0.4) is 0 Å². The van der Waals surface area contributed by atoms with Crippen molar-refractivity contribution in [2.45, 2.75) is 18.8 Å². The fraction of sp³-hybridized carbons (Fsp3) is 0.235. The van der Waals surface area contributed by atoms with Crippen LogP contribution in [0, 0.1) is 11.6 Å². The maximum absolute atomic E-state index is 13.7. The number of carbonyl (C=O) groups excluding carboxylic acids is 1. The Balaban J connectivity index is 2.16. The van der Waals surface area contributed by atoms with Crippen molar-refractivity contribution in [2.24, 2.45) is 0 Å². The number of hydrogen-bond donors (Lipinski definition) is 0. The lowest BCUT2D eigenvalue weighted by atomic mass is 10.1. The number of benzene rings is 2. The molecule has 2 aromatic rings. The van der Waals surface area contributed by atoms with Crippen LogP contribution in [0.5, 0.6) is 0 Å². The van der Waals surface area contributed by atoms with Crippen LogP contribution in [-0.2, 0) is 20.3 Å². The first kappa shape index (κ1) is 18.1. The molecule has 0 aliphatic carbocycles. The molecular weight excluding hydrogens is 338 g/mol. The van der Waals surface area contributed by atoms with Crippen molar-refractivity contribution in [2.75, 3.05) is 6.26 Å². The second-order valence-corrected chi connectivity index (χ2v) is 7.62. The van der Waals surface area contributed by atoms with Crippen LogP contribution >= 0.6 is 0 Å². The Labute approximate surface area is 139 Å². The Morgan fingerprint density at radius 3 is 2.50 bits per heavy atom. The molecule has 4 nitrogen and oxygen atoms in total. The summed E-state index contributed by atoms with van der Waals surface area (Å²) in [6, 6.07) is 9.02. The van der Waals surface area contributed by atoms with E-state index in [9.17, 15) is 22.0 Å². The van der Waals surface area contributed by atoms with Gasteiger partial charge in [0.15, 0.2) is 9.84 Å². The van der Waals surface area contributed by atoms with Crippen LogP contribution < -0.4 is 0 Å². The molecule has 1 unspecified atom stereocenters. The molecule has 0 saturated heterocycles. The molecule has 0 aliphatic heterocycles. The Hall–Kier alpha value is -2.28. The lowest BCUT2D eigenvalue weighted by Gasteiger charge is -2.15. The van der Waals surface area contributed by atoms with Gasteiger partial charge in [0.1, 0.15) is 17.7 Å². The number of esters is 1. The standard InChI is InChI=1S/C17H16F2O4S/c1-11(15-7-6-14(18)9-16(15)19)23-17(20)13-5-3-4-12(8-13)10-24(2,21)22/h3-9,11H,10H2,1-2H3. The Bertz CT molecular complexity index is 863. The number of hydrogen-bond acceptors (Lipinski definition) is 4. The van der Waals surface area contributed by atoms with E-state index >= 15 is 0 Å². The molecule has 7 heteroatoms. The number of rotatable bonds is 5. The monoisotopic (exact) mass is 354 g/mol. The average Bonchev–Trinajstić information content (AvgIpc) is 2.45. The number of carbonyl (C=O) groups is 1. The van der Waals surface area contributed by atoms with Gasteiger partial charge in [-0.1, -0.05) is 12.1 Å². The van der Waals surface area contributed by atoms with E-state index in [1.807, 2.05) is 0 Å². The van der Waals surface area contributed by atoms with Gasteiger partial charge in [-0.3, -0.25) is 0 Å². The third-order valence-corrected chi connectivity index (χ3v) is 4.13. The molecule has 0 aliphatic rings. The van der Waals surface area contributed by atoms with Gasteiger partial charge in [-0.25, -0.2) is 22.0 Å². The number of halogens is 2. The van der Waals surface area contributed by atoms with Crippen LogP contribution in [0.2, 0.25) is 0 Å². The summed E-state index contributed by atoms with van der Waals surface area (Å²) in [5, 5.41) is 0. The molecule has 0 heterocycles. The summed E-state index contributed by atoms with van der Waals surface area (Å²) in [6.45, 7) is 1.47. The predicted octanol–water partition coefficient (Wildman–Crippen LogP) is 3.43. The molecule has 0 aromatic heterocycles. The van der Waals surface area contributed by atoms with Crippen LogP contribution in [0.4, 0.5) is 8.78 Å². The van der Waals surface area contributed by atoms with Crippen molar-refractivity contribution in [1.29, 1.82) is 0 Å². The predicted molar refractivity (Wildman–Crippen MR) is 85.2 cm³/mol. The summed E-state index contributed by atoms with van der Waals surface area (Å²) in [6.07, 6.45) is 0.175. The van der Waals surface area contributed by atoms with Gasteiger partial charge in [0.25, 0.3) is 0 Å². The van der Waals surface area contributed by atoms with Crippen molar-refractivity contribution in [3.63, 3.8) is 0 Å². The van der Waals surface area contributed by atoms with Gasteiger partial charge < -0.3 is 4.74 Å². The van der Waals surface area contributed by atoms with Gasteiger partial charge in [0, 0.05) is 17.9 Å². The quantitative estimate of drug-likeness (QED) is 0.772. The number of sulfone groups is 1. The highest BCUT2D eigenvalue weighted by atomic mass is 32.2. The largest absolute Gasteiger partial charge is 0.454 e. The minimum atomic E-state index is -3.23. The smallest absolute Gasteiger partial charge is 0.338 e. The first-order valence-corrected chi connectivity index (χ1v) is 9.14. The zero-order valence-corrected chi connectivity index (χ0v) is 13.9.